The molecule has 3 aliphatic heterocycles. The fraction of sp³-hybridized carbons (Fsp3) is 0.242. The SMILES string of the molecule is Cc1cc(C)nc(N2CCN(c3ccc(NC(=O)C(=O)C4C(c5ccccc5)C=C5C=CC=CN54)cc3)CC2)c1. The van der Waals surface area contributed by atoms with Gasteiger partial charge in [0.2, 0.25) is 5.78 Å². The van der Waals surface area contributed by atoms with Gasteiger partial charge in [-0.3, -0.25) is 9.59 Å². The van der Waals surface area contributed by atoms with Gasteiger partial charge in [0, 0.05) is 61.1 Å². The maximum atomic E-state index is 13.5. The number of pyridine rings is 1. The number of aryl methyl sites for hydroxylation is 2. The highest BCUT2D eigenvalue weighted by Crippen LogP contribution is 2.37. The molecule has 1 N–H and O–H groups in total. The van der Waals surface area contributed by atoms with Gasteiger partial charge in [-0.25, -0.2) is 4.98 Å². The number of rotatable bonds is 6. The van der Waals surface area contributed by atoms with Crippen molar-refractivity contribution in [3.8, 4) is 0 Å². The van der Waals surface area contributed by atoms with Gasteiger partial charge in [-0.05, 0) is 73.5 Å². The van der Waals surface area contributed by atoms with Crippen LogP contribution in [0.15, 0.2) is 103 Å². The Labute approximate surface area is 235 Å². The largest absolute Gasteiger partial charge is 0.368 e. The molecule has 1 fully saturated rings. The van der Waals surface area contributed by atoms with Crippen molar-refractivity contribution in [3.63, 3.8) is 0 Å². The Kier molecular flexibility index (Phi) is 6.95. The lowest BCUT2D eigenvalue weighted by atomic mass is 9.90. The van der Waals surface area contributed by atoms with Crippen LogP contribution in [-0.4, -0.2) is 53.8 Å². The summed E-state index contributed by atoms with van der Waals surface area (Å²) < 4.78 is 0. The Bertz CT molecular complexity index is 1480. The minimum atomic E-state index is -0.624. The number of nitrogens with zero attached hydrogens (tertiary/aromatic N) is 4. The lowest BCUT2D eigenvalue weighted by Gasteiger charge is -2.37. The van der Waals surface area contributed by atoms with Crippen LogP contribution in [-0.2, 0) is 9.59 Å². The Morgan fingerprint density at radius 3 is 2.33 bits per heavy atom. The van der Waals surface area contributed by atoms with E-state index in [0.717, 1.165) is 54.6 Å². The number of hydrogen-bond acceptors (Lipinski definition) is 6. The predicted octanol–water partition coefficient (Wildman–Crippen LogP) is 4.97. The molecule has 0 saturated carbocycles. The van der Waals surface area contributed by atoms with Crippen molar-refractivity contribution in [2.75, 3.05) is 41.3 Å². The summed E-state index contributed by atoms with van der Waals surface area (Å²) in [7, 11) is 0. The predicted molar refractivity (Wildman–Crippen MR) is 159 cm³/mol. The van der Waals surface area contributed by atoms with Crippen LogP contribution in [0, 0.1) is 13.8 Å². The summed E-state index contributed by atoms with van der Waals surface area (Å²) in [6.07, 6.45) is 9.74. The van der Waals surface area contributed by atoms with E-state index in [-0.39, 0.29) is 5.92 Å². The van der Waals surface area contributed by atoms with Crippen molar-refractivity contribution in [1.82, 2.24) is 9.88 Å². The van der Waals surface area contributed by atoms with Crippen molar-refractivity contribution in [1.29, 1.82) is 0 Å². The molecule has 0 aliphatic carbocycles. The van der Waals surface area contributed by atoms with Crippen molar-refractivity contribution in [2.45, 2.75) is 25.8 Å². The maximum Gasteiger partial charge on any atom is 0.294 e. The highest BCUT2D eigenvalue weighted by molar-refractivity contribution is 6.42. The summed E-state index contributed by atoms with van der Waals surface area (Å²) in [5.74, 6) is -0.233. The van der Waals surface area contributed by atoms with Crippen LogP contribution >= 0.6 is 0 Å². The molecule has 40 heavy (non-hydrogen) atoms. The first-order valence-electron chi connectivity index (χ1n) is 13.8. The van der Waals surface area contributed by atoms with Gasteiger partial charge in [0.15, 0.2) is 0 Å². The molecule has 7 heteroatoms. The van der Waals surface area contributed by atoms with Crippen molar-refractivity contribution >= 4 is 28.9 Å². The maximum absolute atomic E-state index is 13.5. The Morgan fingerprint density at radius 2 is 1.60 bits per heavy atom. The average Bonchev–Trinajstić information content (AvgIpc) is 3.37. The quantitative estimate of drug-likeness (QED) is 0.453. The number of aromatic nitrogens is 1. The normalized spacial score (nSPS) is 19.9. The summed E-state index contributed by atoms with van der Waals surface area (Å²) in [6.45, 7) is 7.69. The summed E-state index contributed by atoms with van der Waals surface area (Å²) in [6, 6.07) is 21.2. The first-order valence-corrected chi connectivity index (χ1v) is 13.8. The molecule has 1 amide bonds. The first kappa shape index (κ1) is 25.6. The molecule has 2 aromatic carbocycles. The molecular formula is C33H33N5O2. The summed E-state index contributed by atoms with van der Waals surface area (Å²) in [5, 5.41) is 2.84. The number of carbonyl (C=O) groups excluding carboxylic acids is 2. The molecule has 0 bridgehead atoms. The first-order chi connectivity index (χ1) is 19.5. The monoisotopic (exact) mass is 531 g/mol. The molecule has 7 nitrogen and oxygen atoms in total. The number of benzene rings is 2. The molecular weight excluding hydrogens is 498 g/mol. The summed E-state index contributed by atoms with van der Waals surface area (Å²) in [4.78, 5) is 38.0. The second kappa shape index (κ2) is 10.8. The van der Waals surface area contributed by atoms with E-state index >= 15 is 0 Å². The Hall–Kier alpha value is -4.65. The van der Waals surface area contributed by atoms with E-state index in [0.29, 0.717) is 5.69 Å². The third-order valence-corrected chi connectivity index (χ3v) is 7.77. The number of allylic oxidation sites excluding steroid dienone is 3. The lowest BCUT2D eigenvalue weighted by Crippen LogP contribution is -2.46. The lowest BCUT2D eigenvalue weighted by molar-refractivity contribution is -0.137. The van der Waals surface area contributed by atoms with Crippen LogP contribution in [0.1, 0.15) is 22.7 Å². The van der Waals surface area contributed by atoms with Gasteiger partial charge in [-0.1, -0.05) is 42.5 Å². The topological polar surface area (TPSA) is 68.8 Å². The molecule has 202 valence electrons. The van der Waals surface area contributed by atoms with Gasteiger partial charge >= 0.3 is 0 Å². The van der Waals surface area contributed by atoms with E-state index in [2.05, 4.69) is 40.2 Å². The van der Waals surface area contributed by atoms with Crippen LogP contribution in [0.4, 0.5) is 17.2 Å². The van der Waals surface area contributed by atoms with Gasteiger partial charge in [-0.15, -0.1) is 0 Å². The number of amides is 1. The molecule has 3 aliphatic rings. The van der Waals surface area contributed by atoms with Crippen LogP contribution in [0.5, 0.6) is 0 Å². The second-order valence-electron chi connectivity index (χ2n) is 10.6. The number of Topliss-reactive ketones (excluding diaryl/α,β-unsaturated/α-hetero) is 1. The van der Waals surface area contributed by atoms with Crippen LogP contribution in [0.2, 0.25) is 0 Å². The Balaban J connectivity index is 1.10. The highest BCUT2D eigenvalue weighted by atomic mass is 16.2. The third kappa shape index (κ3) is 5.15. The van der Waals surface area contributed by atoms with Crippen LogP contribution in [0.25, 0.3) is 0 Å². The van der Waals surface area contributed by atoms with Crippen molar-refractivity contribution in [2.24, 2.45) is 0 Å². The number of hydrogen-bond donors (Lipinski definition) is 1. The summed E-state index contributed by atoms with van der Waals surface area (Å²) >= 11 is 0. The molecule has 1 aromatic heterocycles. The second-order valence-corrected chi connectivity index (χ2v) is 10.6. The van der Waals surface area contributed by atoms with E-state index < -0.39 is 17.7 Å². The summed E-state index contributed by atoms with van der Waals surface area (Å²) in [5.41, 5.74) is 5.91. The van der Waals surface area contributed by atoms with Crippen molar-refractivity contribution in [3.05, 3.63) is 120 Å². The highest BCUT2D eigenvalue weighted by Gasteiger charge is 2.41. The van der Waals surface area contributed by atoms with Gasteiger partial charge < -0.3 is 20.0 Å². The number of anilines is 3. The molecule has 2 atom stereocenters. The van der Waals surface area contributed by atoms with E-state index in [1.54, 1.807) is 0 Å². The van der Waals surface area contributed by atoms with E-state index in [9.17, 15) is 9.59 Å². The zero-order valence-corrected chi connectivity index (χ0v) is 22.8. The van der Waals surface area contributed by atoms with Gasteiger partial charge in [0.25, 0.3) is 5.91 Å². The molecule has 2 unspecified atom stereocenters. The zero-order valence-electron chi connectivity index (χ0n) is 22.8. The Morgan fingerprint density at radius 1 is 0.875 bits per heavy atom. The van der Waals surface area contributed by atoms with Gasteiger partial charge in [-0.2, -0.15) is 0 Å². The fourth-order valence-electron chi connectivity index (χ4n) is 5.81. The number of nitrogens with one attached hydrogen (secondary N) is 1. The smallest absolute Gasteiger partial charge is 0.294 e. The van der Waals surface area contributed by atoms with E-state index in [1.165, 1.54) is 5.56 Å². The van der Waals surface area contributed by atoms with Crippen LogP contribution in [0.3, 0.4) is 0 Å². The van der Waals surface area contributed by atoms with E-state index in [4.69, 9.17) is 4.98 Å². The molecule has 1 saturated heterocycles. The molecule has 0 radical (unpaired) electrons. The van der Waals surface area contributed by atoms with Crippen LogP contribution < -0.4 is 15.1 Å². The van der Waals surface area contributed by atoms with Gasteiger partial charge in [0.1, 0.15) is 11.9 Å². The third-order valence-electron chi connectivity index (χ3n) is 7.77. The number of fused-ring (bicyclic) bond motifs is 1. The molecule has 3 aromatic rings. The molecule has 0 spiro atoms. The molecule has 6 rings (SSSR count). The average molecular weight is 532 g/mol. The van der Waals surface area contributed by atoms with E-state index in [1.807, 2.05) is 90.8 Å². The van der Waals surface area contributed by atoms with Gasteiger partial charge in [0.05, 0.1) is 0 Å². The minimum Gasteiger partial charge on any atom is -0.368 e. The number of piperazine rings is 1. The zero-order chi connectivity index (χ0) is 27.6. The standard InChI is InChI=1S/C33H33N5O2/c1-23-20-24(2)34-30(21-23)37-18-16-36(17-19-37)27-13-11-26(12-14-27)35-33(40)32(39)31-29(25-8-4-3-5-9-25)22-28-10-6-7-15-38(28)31/h3-15,20-22,29,31H,16-19H2,1-2H3,(H,35,40). The molecule has 4 heterocycles. The van der Waals surface area contributed by atoms with Crippen molar-refractivity contribution < 1.29 is 9.59 Å². The minimum absolute atomic E-state index is 0.207. The number of ketones is 1. The number of carbonyl (C=O) groups is 2. The fourth-order valence-corrected chi connectivity index (χ4v) is 5.81.